The van der Waals surface area contributed by atoms with Crippen molar-refractivity contribution in [2.75, 3.05) is 19.3 Å². The van der Waals surface area contributed by atoms with Gasteiger partial charge in [0.1, 0.15) is 0 Å². The summed E-state index contributed by atoms with van der Waals surface area (Å²) in [5.41, 5.74) is 0. The standard InChI is InChI=1S/C12H20N2O4S2/c1-4-13-10(2)9-14-20(17,18)12-7-5-11(6-8-12)19(3,15)16/h5-8,10,13-14H,4,9H2,1-3H3/t10-/m1/s1. The molecule has 0 aromatic heterocycles. The fourth-order valence-corrected chi connectivity index (χ4v) is 3.37. The molecular weight excluding hydrogens is 300 g/mol. The largest absolute Gasteiger partial charge is 0.313 e. The summed E-state index contributed by atoms with van der Waals surface area (Å²) in [6.45, 7) is 4.84. The van der Waals surface area contributed by atoms with Crippen LogP contribution >= 0.6 is 0 Å². The molecule has 0 amide bonds. The van der Waals surface area contributed by atoms with Gasteiger partial charge >= 0.3 is 0 Å². The Morgan fingerprint density at radius 1 is 1.05 bits per heavy atom. The molecule has 0 saturated carbocycles. The highest BCUT2D eigenvalue weighted by molar-refractivity contribution is 7.90. The van der Waals surface area contributed by atoms with Crippen LogP contribution in [0, 0.1) is 0 Å². The maximum absolute atomic E-state index is 12.0. The maximum atomic E-state index is 12.0. The van der Waals surface area contributed by atoms with Crippen LogP contribution in [0.1, 0.15) is 13.8 Å². The van der Waals surface area contributed by atoms with Crippen molar-refractivity contribution >= 4 is 19.9 Å². The van der Waals surface area contributed by atoms with E-state index >= 15 is 0 Å². The first-order valence-corrected chi connectivity index (χ1v) is 9.57. The fraction of sp³-hybridized carbons (Fsp3) is 0.500. The molecule has 0 spiro atoms. The molecule has 0 heterocycles. The van der Waals surface area contributed by atoms with Gasteiger partial charge in [0.25, 0.3) is 0 Å². The molecule has 8 heteroatoms. The van der Waals surface area contributed by atoms with Gasteiger partial charge in [-0.05, 0) is 37.7 Å². The molecule has 20 heavy (non-hydrogen) atoms. The summed E-state index contributed by atoms with van der Waals surface area (Å²) in [5, 5.41) is 3.09. The first-order chi connectivity index (χ1) is 9.16. The second-order valence-electron chi connectivity index (χ2n) is 4.55. The van der Waals surface area contributed by atoms with Gasteiger partial charge in [-0.3, -0.25) is 0 Å². The first kappa shape index (κ1) is 17.1. The van der Waals surface area contributed by atoms with Gasteiger partial charge < -0.3 is 5.32 Å². The van der Waals surface area contributed by atoms with Crippen LogP contribution in [0.4, 0.5) is 0 Å². The molecular formula is C12H20N2O4S2. The van der Waals surface area contributed by atoms with Gasteiger partial charge in [-0.2, -0.15) is 0 Å². The fourth-order valence-electron chi connectivity index (χ4n) is 1.60. The predicted molar refractivity (Wildman–Crippen MR) is 77.9 cm³/mol. The van der Waals surface area contributed by atoms with Crippen molar-refractivity contribution in [3.8, 4) is 0 Å². The Morgan fingerprint density at radius 2 is 1.55 bits per heavy atom. The number of rotatable bonds is 7. The third-order valence-corrected chi connectivity index (χ3v) is 5.26. The molecule has 0 aliphatic rings. The van der Waals surface area contributed by atoms with Crippen LogP contribution < -0.4 is 10.0 Å². The zero-order chi connectivity index (χ0) is 15.4. The molecule has 1 atom stereocenters. The van der Waals surface area contributed by atoms with Gasteiger partial charge in [0.05, 0.1) is 9.79 Å². The summed E-state index contributed by atoms with van der Waals surface area (Å²) < 4.78 is 49.1. The lowest BCUT2D eigenvalue weighted by atomic mass is 10.3. The lowest BCUT2D eigenvalue weighted by Crippen LogP contribution is -2.38. The highest BCUT2D eigenvalue weighted by Gasteiger charge is 2.16. The van der Waals surface area contributed by atoms with Gasteiger partial charge in [-0.1, -0.05) is 6.92 Å². The van der Waals surface area contributed by atoms with E-state index in [-0.39, 0.29) is 22.4 Å². The zero-order valence-electron chi connectivity index (χ0n) is 11.8. The van der Waals surface area contributed by atoms with E-state index in [4.69, 9.17) is 0 Å². The zero-order valence-corrected chi connectivity index (χ0v) is 13.4. The smallest absolute Gasteiger partial charge is 0.240 e. The van der Waals surface area contributed by atoms with E-state index in [2.05, 4.69) is 10.0 Å². The van der Waals surface area contributed by atoms with Crippen molar-refractivity contribution in [3.05, 3.63) is 24.3 Å². The molecule has 0 aliphatic carbocycles. The summed E-state index contributed by atoms with van der Waals surface area (Å²) in [6.07, 6.45) is 1.08. The van der Waals surface area contributed by atoms with Gasteiger partial charge in [-0.15, -0.1) is 0 Å². The van der Waals surface area contributed by atoms with E-state index in [9.17, 15) is 16.8 Å². The normalized spacial score (nSPS) is 14.2. The molecule has 114 valence electrons. The topological polar surface area (TPSA) is 92.3 Å². The van der Waals surface area contributed by atoms with Crippen molar-refractivity contribution in [1.82, 2.24) is 10.0 Å². The second-order valence-corrected chi connectivity index (χ2v) is 8.34. The molecule has 0 fully saturated rings. The van der Waals surface area contributed by atoms with E-state index in [1.807, 2.05) is 13.8 Å². The Kier molecular flexibility index (Phi) is 5.69. The minimum atomic E-state index is -3.62. The second kappa shape index (κ2) is 6.66. The molecule has 2 N–H and O–H groups in total. The third-order valence-electron chi connectivity index (χ3n) is 2.69. The van der Waals surface area contributed by atoms with Crippen LogP contribution in [0.15, 0.2) is 34.1 Å². The van der Waals surface area contributed by atoms with Gasteiger partial charge in [0, 0.05) is 18.8 Å². The van der Waals surface area contributed by atoms with E-state index < -0.39 is 19.9 Å². The van der Waals surface area contributed by atoms with Crippen LogP contribution in [0.5, 0.6) is 0 Å². The van der Waals surface area contributed by atoms with Crippen molar-refractivity contribution in [2.45, 2.75) is 29.7 Å². The SMILES string of the molecule is CCN[C@H](C)CNS(=O)(=O)c1ccc(S(C)(=O)=O)cc1. The molecule has 0 unspecified atom stereocenters. The van der Waals surface area contributed by atoms with E-state index in [0.29, 0.717) is 0 Å². The number of benzene rings is 1. The predicted octanol–water partition coefficient (Wildman–Crippen LogP) is 0.366. The Balaban J connectivity index is 2.83. The Hall–Kier alpha value is -0.960. The molecule has 0 aliphatic heterocycles. The van der Waals surface area contributed by atoms with Crippen LogP contribution in [0.25, 0.3) is 0 Å². The first-order valence-electron chi connectivity index (χ1n) is 6.20. The van der Waals surface area contributed by atoms with E-state index in [1.165, 1.54) is 24.3 Å². The monoisotopic (exact) mass is 320 g/mol. The molecule has 0 radical (unpaired) electrons. The molecule has 1 aromatic carbocycles. The minimum Gasteiger partial charge on any atom is -0.313 e. The molecule has 0 bridgehead atoms. The van der Waals surface area contributed by atoms with Gasteiger partial charge in [-0.25, -0.2) is 21.6 Å². The number of nitrogens with one attached hydrogen (secondary N) is 2. The lowest BCUT2D eigenvalue weighted by Gasteiger charge is -2.13. The summed E-state index contributed by atoms with van der Waals surface area (Å²) in [5.74, 6) is 0. The Bertz CT molecular complexity index is 637. The Morgan fingerprint density at radius 3 is 2.00 bits per heavy atom. The van der Waals surface area contributed by atoms with E-state index in [0.717, 1.165) is 12.8 Å². The summed E-state index contributed by atoms with van der Waals surface area (Å²) in [7, 11) is -6.94. The lowest BCUT2D eigenvalue weighted by molar-refractivity contribution is 0.536. The molecule has 6 nitrogen and oxygen atoms in total. The number of sulfonamides is 1. The van der Waals surface area contributed by atoms with Crippen LogP contribution in [-0.2, 0) is 19.9 Å². The minimum absolute atomic E-state index is 0.0186. The highest BCUT2D eigenvalue weighted by Crippen LogP contribution is 2.14. The number of hydrogen-bond donors (Lipinski definition) is 2. The summed E-state index contributed by atoms with van der Waals surface area (Å²) in [4.78, 5) is 0.145. The van der Waals surface area contributed by atoms with Crippen molar-refractivity contribution in [1.29, 1.82) is 0 Å². The summed E-state index contributed by atoms with van der Waals surface area (Å²) in [6, 6.07) is 5.17. The average molecular weight is 320 g/mol. The molecule has 1 aromatic rings. The maximum Gasteiger partial charge on any atom is 0.240 e. The van der Waals surface area contributed by atoms with Gasteiger partial charge in [0.15, 0.2) is 9.84 Å². The van der Waals surface area contributed by atoms with Crippen LogP contribution in [0.2, 0.25) is 0 Å². The third kappa shape index (κ3) is 4.86. The molecule has 0 saturated heterocycles. The quantitative estimate of drug-likeness (QED) is 0.757. The number of hydrogen-bond acceptors (Lipinski definition) is 5. The number of likely N-dealkylation sites (N-methyl/N-ethyl adjacent to an activating group) is 1. The number of sulfone groups is 1. The van der Waals surface area contributed by atoms with Crippen molar-refractivity contribution in [2.24, 2.45) is 0 Å². The van der Waals surface area contributed by atoms with Crippen molar-refractivity contribution < 1.29 is 16.8 Å². The van der Waals surface area contributed by atoms with E-state index in [1.54, 1.807) is 0 Å². The van der Waals surface area contributed by atoms with Gasteiger partial charge in [0.2, 0.25) is 10.0 Å². The van der Waals surface area contributed by atoms with Crippen LogP contribution in [0.3, 0.4) is 0 Å². The highest BCUT2D eigenvalue weighted by atomic mass is 32.2. The summed E-state index contributed by atoms with van der Waals surface area (Å²) >= 11 is 0. The Labute approximate surface area is 120 Å². The van der Waals surface area contributed by atoms with Crippen molar-refractivity contribution in [3.63, 3.8) is 0 Å². The average Bonchev–Trinajstić information content (AvgIpc) is 2.36. The van der Waals surface area contributed by atoms with Crippen LogP contribution in [-0.4, -0.2) is 42.2 Å². The molecule has 1 rings (SSSR count).